The summed E-state index contributed by atoms with van der Waals surface area (Å²) in [5, 5.41) is 6.08. The summed E-state index contributed by atoms with van der Waals surface area (Å²) in [7, 11) is 0. The zero-order valence-corrected chi connectivity index (χ0v) is 11.1. The van der Waals surface area contributed by atoms with E-state index < -0.39 is 0 Å². The molecule has 0 aliphatic carbocycles. The Morgan fingerprint density at radius 2 is 2.11 bits per heavy atom. The van der Waals surface area contributed by atoms with Gasteiger partial charge in [0.2, 0.25) is 0 Å². The van der Waals surface area contributed by atoms with Crippen LogP contribution in [-0.2, 0) is 0 Å². The normalized spacial score (nSPS) is 11.3. The maximum absolute atomic E-state index is 11.9. The molecule has 0 bridgehead atoms. The zero-order valence-electron chi connectivity index (χ0n) is 10.3. The van der Waals surface area contributed by atoms with Crippen molar-refractivity contribution in [2.24, 2.45) is 5.10 Å². The number of carbonyl (C=O) groups is 1. The summed E-state index contributed by atoms with van der Waals surface area (Å²) in [6.45, 7) is 3.83. The molecule has 0 spiro atoms. The quantitative estimate of drug-likeness (QED) is 0.666. The van der Waals surface area contributed by atoms with Gasteiger partial charge in [-0.25, -0.2) is 5.43 Å². The Kier molecular flexibility index (Phi) is 3.89. The largest absolute Gasteiger partial charge is 0.271 e. The number of benzene rings is 1. The minimum atomic E-state index is -0.186. The lowest BCUT2D eigenvalue weighted by Gasteiger charge is -2.02. The highest BCUT2D eigenvalue weighted by molar-refractivity contribution is 7.12. The Morgan fingerprint density at radius 3 is 2.78 bits per heavy atom. The molecule has 0 radical (unpaired) electrons. The van der Waals surface area contributed by atoms with Crippen LogP contribution in [0.25, 0.3) is 0 Å². The van der Waals surface area contributed by atoms with Crippen LogP contribution >= 0.6 is 11.3 Å². The lowest BCUT2D eigenvalue weighted by molar-refractivity contribution is 0.0955. The van der Waals surface area contributed by atoms with E-state index in [0.717, 1.165) is 16.2 Å². The second-order valence-corrected chi connectivity index (χ2v) is 4.93. The minimum absolute atomic E-state index is 0.186. The molecule has 1 amide bonds. The first-order valence-electron chi connectivity index (χ1n) is 5.62. The van der Waals surface area contributed by atoms with Crippen molar-refractivity contribution in [2.75, 3.05) is 0 Å². The molecule has 0 saturated carbocycles. The molecule has 1 N–H and O–H groups in total. The molecule has 1 aromatic heterocycles. The van der Waals surface area contributed by atoms with Crippen molar-refractivity contribution in [1.82, 2.24) is 5.43 Å². The van der Waals surface area contributed by atoms with Crippen LogP contribution in [0.15, 0.2) is 46.9 Å². The maximum atomic E-state index is 11.9. The van der Waals surface area contributed by atoms with E-state index in [2.05, 4.69) is 10.5 Å². The molecule has 4 heteroatoms. The summed E-state index contributed by atoms with van der Waals surface area (Å²) in [4.78, 5) is 12.9. The van der Waals surface area contributed by atoms with Gasteiger partial charge in [-0.3, -0.25) is 4.79 Å². The van der Waals surface area contributed by atoms with Crippen LogP contribution in [0.1, 0.15) is 27.7 Å². The van der Waals surface area contributed by atoms with Gasteiger partial charge >= 0.3 is 0 Å². The smallest absolute Gasteiger partial charge is 0.267 e. The highest BCUT2D eigenvalue weighted by Gasteiger charge is 2.04. The predicted octanol–water partition coefficient (Wildman–Crippen LogP) is 3.21. The molecule has 2 aromatic rings. The number of thiophene rings is 1. The number of hydrogen-bond donors (Lipinski definition) is 1. The van der Waals surface area contributed by atoms with Crippen LogP contribution in [0.3, 0.4) is 0 Å². The molecule has 0 saturated heterocycles. The third-order valence-corrected chi connectivity index (χ3v) is 3.46. The van der Waals surface area contributed by atoms with Crippen LogP contribution < -0.4 is 5.43 Å². The standard InChI is InChI=1S/C14H14N2OS/c1-10-5-3-6-12(9-10)14(17)16-15-11(2)13-7-4-8-18-13/h3-9H,1-2H3,(H,16,17). The fourth-order valence-corrected chi connectivity index (χ4v) is 2.20. The van der Waals surface area contributed by atoms with Gasteiger partial charge in [-0.15, -0.1) is 11.3 Å². The van der Waals surface area contributed by atoms with Crippen molar-refractivity contribution in [3.63, 3.8) is 0 Å². The number of amides is 1. The lowest BCUT2D eigenvalue weighted by Crippen LogP contribution is -2.19. The average Bonchev–Trinajstić information content (AvgIpc) is 2.89. The van der Waals surface area contributed by atoms with Crippen molar-refractivity contribution in [2.45, 2.75) is 13.8 Å². The first-order chi connectivity index (χ1) is 8.66. The molecule has 1 heterocycles. The van der Waals surface area contributed by atoms with Crippen LogP contribution in [0.2, 0.25) is 0 Å². The summed E-state index contributed by atoms with van der Waals surface area (Å²) in [5.41, 5.74) is 5.06. The molecule has 0 aliphatic heterocycles. The molecule has 18 heavy (non-hydrogen) atoms. The van der Waals surface area contributed by atoms with E-state index in [-0.39, 0.29) is 5.91 Å². The fraction of sp³-hybridized carbons (Fsp3) is 0.143. The molecule has 1 aromatic carbocycles. The summed E-state index contributed by atoms with van der Waals surface area (Å²) < 4.78 is 0. The van der Waals surface area contributed by atoms with Gasteiger partial charge in [-0.05, 0) is 37.4 Å². The highest BCUT2D eigenvalue weighted by atomic mass is 32.1. The second-order valence-electron chi connectivity index (χ2n) is 3.98. The highest BCUT2D eigenvalue weighted by Crippen LogP contribution is 2.09. The van der Waals surface area contributed by atoms with Gasteiger partial charge in [-0.2, -0.15) is 5.10 Å². The Hall–Kier alpha value is -1.94. The Labute approximate surface area is 110 Å². The number of hydrogen-bond acceptors (Lipinski definition) is 3. The van der Waals surface area contributed by atoms with Crippen molar-refractivity contribution in [3.8, 4) is 0 Å². The van der Waals surface area contributed by atoms with Crippen molar-refractivity contribution < 1.29 is 4.79 Å². The van der Waals surface area contributed by atoms with E-state index in [1.54, 1.807) is 17.4 Å². The van der Waals surface area contributed by atoms with Crippen LogP contribution in [0.4, 0.5) is 0 Å². The molecule has 0 atom stereocenters. The third kappa shape index (κ3) is 3.05. The van der Waals surface area contributed by atoms with Crippen LogP contribution in [0, 0.1) is 6.92 Å². The number of carbonyl (C=O) groups excluding carboxylic acids is 1. The predicted molar refractivity (Wildman–Crippen MR) is 75.2 cm³/mol. The van der Waals surface area contributed by atoms with Crippen LogP contribution in [0.5, 0.6) is 0 Å². The fourth-order valence-electron chi connectivity index (χ4n) is 1.53. The first kappa shape index (κ1) is 12.5. The van der Waals surface area contributed by atoms with Gasteiger partial charge in [0.05, 0.1) is 5.71 Å². The molecular weight excluding hydrogens is 244 g/mol. The number of rotatable bonds is 3. The first-order valence-corrected chi connectivity index (χ1v) is 6.50. The van der Waals surface area contributed by atoms with Crippen molar-refractivity contribution in [1.29, 1.82) is 0 Å². The number of hydrazone groups is 1. The summed E-state index contributed by atoms with van der Waals surface area (Å²) in [5.74, 6) is -0.186. The number of nitrogens with one attached hydrogen (secondary N) is 1. The van der Waals surface area contributed by atoms with E-state index >= 15 is 0 Å². The van der Waals surface area contributed by atoms with Crippen LogP contribution in [-0.4, -0.2) is 11.6 Å². The molecule has 0 unspecified atom stereocenters. The van der Waals surface area contributed by atoms with E-state index in [0.29, 0.717) is 5.56 Å². The Bertz CT molecular complexity index is 573. The van der Waals surface area contributed by atoms with Gasteiger partial charge in [-0.1, -0.05) is 23.8 Å². The zero-order chi connectivity index (χ0) is 13.0. The topological polar surface area (TPSA) is 41.5 Å². The van der Waals surface area contributed by atoms with Crippen molar-refractivity contribution >= 4 is 23.0 Å². The monoisotopic (exact) mass is 258 g/mol. The lowest BCUT2D eigenvalue weighted by atomic mass is 10.1. The van der Waals surface area contributed by atoms with Crippen molar-refractivity contribution in [3.05, 3.63) is 57.8 Å². The van der Waals surface area contributed by atoms with Gasteiger partial charge in [0, 0.05) is 10.4 Å². The Morgan fingerprint density at radius 1 is 1.28 bits per heavy atom. The maximum Gasteiger partial charge on any atom is 0.271 e. The number of aryl methyl sites for hydroxylation is 1. The van der Waals surface area contributed by atoms with E-state index in [4.69, 9.17) is 0 Å². The Balaban J connectivity index is 2.07. The van der Waals surface area contributed by atoms with E-state index in [1.165, 1.54) is 0 Å². The molecule has 3 nitrogen and oxygen atoms in total. The van der Waals surface area contributed by atoms with E-state index in [9.17, 15) is 4.79 Å². The summed E-state index contributed by atoms with van der Waals surface area (Å²) >= 11 is 1.60. The van der Waals surface area contributed by atoms with Gasteiger partial charge in [0.25, 0.3) is 5.91 Å². The number of nitrogens with zero attached hydrogens (tertiary/aromatic N) is 1. The second kappa shape index (κ2) is 5.60. The third-order valence-electron chi connectivity index (χ3n) is 2.48. The SMILES string of the molecule is CC(=NNC(=O)c1cccc(C)c1)c1cccs1. The summed E-state index contributed by atoms with van der Waals surface area (Å²) in [6.07, 6.45) is 0. The molecular formula is C14H14N2OS. The van der Waals surface area contributed by atoms with Gasteiger partial charge in [0.1, 0.15) is 0 Å². The minimum Gasteiger partial charge on any atom is -0.267 e. The van der Waals surface area contributed by atoms with Gasteiger partial charge in [0.15, 0.2) is 0 Å². The molecule has 0 fully saturated rings. The van der Waals surface area contributed by atoms with E-state index in [1.807, 2.05) is 49.6 Å². The molecule has 2 rings (SSSR count). The summed E-state index contributed by atoms with van der Waals surface area (Å²) in [6, 6.07) is 11.4. The molecule has 0 aliphatic rings. The average molecular weight is 258 g/mol. The molecule has 92 valence electrons. The van der Waals surface area contributed by atoms with Gasteiger partial charge < -0.3 is 0 Å².